The zero-order chi connectivity index (χ0) is 28.8. The molecule has 1 amide bonds. The quantitative estimate of drug-likeness (QED) is 0.426. The molecular weight excluding hydrogens is 500 g/mol. The van der Waals surface area contributed by atoms with Crippen LogP contribution in [-0.4, -0.2) is 57.3 Å². The number of benzene rings is 1. The number of rotatable bonds is 5. The Morgan fingerprint density at radius 1 is 1.08 bits per heavy atom. The fourth-order valence-electron chi connectivity index (χ4n) is 6.54. The van der Waals surface area contributed by atoms with Gasteiger partial charge in [-0.1, -0.05) is 53.7 Å². The Labute approximate surface area is 231 Å². The van der Waals surface area contributed by atoms with Crippen LogP contribution >= 0.6 is 0 Å². The van der Waals surface area contributed by atoms with E-state index < -0.39 is 24.1 Å². The molecular formula is C31H45F2N3O3. The molecule has 1 aromatic carbocycles. The number of piperidine rings is 1. The molecule has 0 aromatic heterocycles. The Morgan fingerprint density at radius 3 is 2.21 bits per heavy atom. The normalized spacial score (nSPS) is 26.6. The maximum absolute atomic E-state index is 14.5. The lowest BCUT2D eigenvalue weighted by molar-refractivity contribution is -0.134. The lowest BCUT2D eigenvalue weighted by Gasteiger charge is -2.47. The average molecular weight is 546 g/mol. The molecule has 0 bridgehead atoms. The van der Waals surface area contributed by atoms with Crippen LogP contribution in [0.1, 0.15) is 115 Å². The van der Waals surface area contributed by atoms with Crippen molar-refractivity contribution in [1.82, 2.24) is 9.80 Å². The molecule has 1 N–H and O–H groups in total. The molecule has 1 atom stereocenters. The first-order chi connectivity index (χ1) is 18.0. The fraction of sp³-hybridized carbons (Fsp3) is 0.710. The van der Waals surface area contributed by atoms with Gasteiger partial charge in [0.15, 0.2) is 5.84 Å². The van der Waals surface area contributed by atoms with E-state index >= 15 is 0 Å². The van der Waals surface area contributed by atoms with Gasteiger partial charge in [-0.15, -0.1) is 0 Å². The molecule has 2 fully saturated rings. The fourth-order valence-corrected chi connectivity index (χ4v) is 6.54. The number of amides is 1. The molecule has 1 saturated carbocycles. The van der Waals surface area contributed by atoms with Crippen LogP contribution in [0.4, 0.5) is 8.78 Å². The molecule has 4 rings (SSSR count). The predicted octanol–water partition coefficient (Wildman–Crippen LogP) is 7.16. The van der Waals surface area contributed by atoms with Crippen LogP contribution < -0.4 is 0 Å². The largest absolute Gasteiger partial charge is 0.478 e. The number of likely N-dealkylation sites (tertiary alicyclic amines) is 1. The Kier molecular flexibility index (Phi) is 7.91. The smallest absolute Gasteiger partial charge is 0.335 e. The van der Waals surface area contributed by atoms with E-state index in [9.17, 15) is 23.5 Å². The van der Waals surface area contributed by atoms with Gasteiger partial charge in [0, 0.05) is 13.0 Å². The number of carbonyl (C=O) groups is 2. The molecule has 216 valence electrons. The van der Waals surface area contributed by atoms with Crippen molar-refractivity contribution in [3.8, 4) is 0 Å². The van der Waals surface area contributed by atoms with Gasteiger partial charge in [0.2, 0.25) is 0 Å². The van der Waals surface area contributed by atoms with E-state index in [1.54, 1.807) is 24.3 Å². The molecule has 1 aliphatic carbocycles. The van der Waals surface area contributed by atoms with E-state index in [0.29, 0.717) is 38.1 Å². The third kappa shape index (κ3) is 6.46. The van der Waals surface area contributed by atoms with E-state index in [1.165, 1.54) is 4.90 Å². The Balaban J connectivity index is 1.76. The maximum Gasteiger partial charge on any atom is 0.335 e. The van der Waals surface area contributed by atoms with Crippen molar-refractivity contribution in [3.05, 3.63) is 35.4 Å². The van der Waals surface area contributed by atoms with E-state index in [0.717, 1.165) is 24.8 Å². The summed E-state index contributed by atoms with van der Waals surface area (Å²) in [6.45, 7) is 13.1. The van der Waals surface area contributed by atoms with Gasteiger partial charge in [0.1, 0.15) is 5.66 Å². The molecule has 6 nitrogen and oxygen atoms in total. The predicted molar refractivity (Wildman–Crippen MR) is 149 cm³/mol. The number of amidine groups is 1. The van der Waals surface area contributed by atoms with Crippen molar-refractivity contribution >= 4 is 17.7 Å². The van der Waals surface area contributed by atoms with Crippen LogP contribution in [-0.2, 0) is 4.79 Å². The number of halogens is 2. The number of aliphatic imine (C=N–C) groups is 1. The maximum atomic E-state index is 14.5. The van der Waals surface area contributed by atoms with Crippen LogP contribution in [0.25, 0.3) is 0 Å². The molecule has 2 aliphatic heterocycles. The number of nitrogens with zero attached hydrogens (tertiary/aromatic N) is 3. The van der Waals surface area contributed by atoms with Crippen LogP contribution in [0.5, 0.6) is 0 Å². The second-order valence-corrected chi connectivity index (χ2v) is 14.2. The summed E-state index contributed by atoms with van der Waals surface area (Å²) in [5.41, 5.74) is 0.408. The Morgan fingerprint density at radius 2 is 1.69 bits per heavy atom. The summed E-state index contributed by atoms with van der Waals surface area (Å²) in [7, 11) is 0. The van der Waals surface area contributed by atoms with Crippen LogP contribution in [0.15, 0.2) is 29.3 Å². The zero-order valence-electron chi connectivity index (χ0n) is 24.4. The first kappa shape index (κ1) is 29.5. The molecule has 0 unspecified atom stereocenters. The van der Waals surface area contributed by atoms with Crippen molar-refractivity contribution in [3.63, 3.8) is 0 Å². The number of carboxylic acid groups (broad SMARTS) is 1. The summed E-state index contributed by atoms with van der Waals surface area (Å²) < 4.78 is 28.9. The van der Waals surface area contributed by atoms with Crippen molar-refractivity contribution in [2.75, 3.05) is 13.1 Å². The molecule has 3 aliphatic rings. The second kappa shape index (κ2) is 10.5. The zero-order valence-corrected chi connectivity index (χ0v) is 24.4. The summed E-state index contributed by atoms with van der Waals surface area (Å²) in [6.07, 6.45) is 4.85. The van der Waals surface area contributed by atoms with Gasteiger partial charge >= 0.3 is 5.97 Å². The highest BCUT2D eigenvalue weighted by Crippen LogP contribution is 2.50. The number of carboxylic acids is 1. The molecule has 1 aromatic rings. The van der Waals surface area contributed by atoms with Crippen molar-refractivity contribution in [2.24, 2.45) is 21.7 Å². The topological polar surface area (TPSA) is 73.2 Å². The van der Waals surface area contributed by atoms with E-state index in [2.05, 4.69) is 41.5 Å². The molecule has 39 heavy (non-hydrogen) atoms. The lowest BCUT2D eigenvalue weighted by atomic mass is 9.69. The van der Waals surface area contributed by atoms with Crippen molar-refractivity contribution < 1.29 is 23.5 Å². The molecule has 1 saturated heterocycles. The third-order valence-electron chi connectivity index (χ3n) is 8.90. The molecule has 0 radical (unpaired) electrons. The minimum Gasteiger partial charge on any atom is -0.478 e. The van der Waals surface area contributed by atoms with Crippen molar-refractivity contribution in [2.45, 2.75) is 111 Å². The number of hydrogen-bond donors (Lipinski definition) is 1. The summed E-state index contributed by atoms with van der Waals surface area (Å²) in [5, 5.41) is 9.44. The van der Waals surface area contributed by atoms with Crippen LogP contribution in [0.3, 0.4) is 0 Å². The minimum atomic E-state index is -2.84. The lowest BCUT2D eigenvalue weighted by Crippen LogP contribution is -2.53. The molecule has 2 heterocycles. The van der Waals surface area contributed by atoms with Crippen molar-refractivity contribution in [1.29, 1.82) is 0 Å². The number of carbonyl (C=O) groups excluding carboxylic acids is 1. The van der Waals surface area contributed by atoms with Crippen LogP contribution in [0.2, 0.25) is 0 Å². The van der Waals surface area contributed by atoms with Gasteiger partial charge in [0.25, 0.3) is 11.8 Å². The highest BCUT2D eigenvalue weighted by molar-refractivity contribution is 6.39. The van der Waals surface area contributed by atoms with Gasteiger partial charge in [-0.25, -0.2) is 18.6 Å². The van der Waals surface area contributed by atoms with Gasteiger partial charge in [-0.3, -0.25) is 4.79 Å². The average Bonchev–Trinajstić information content (AvgIpc) is 3.09. The van der Waals surface area contributed by atoms with Gasteiger partial charge in [-0.05, 0) is 79.4 Å². The monoisotopic (exact) mass is 545 g/mol. The number of alkyl halides is 2. The van der Waals surface area contributed by atoms with Gasteiger partial charge < -0.3 is 14.9 Å². The number of aromatic carboxylic acids is 1. The summed E-state index contributed by atoms with van der Waals surface area (Å²) in [5.74, 6) is -3.46. The van der Waals surface area contributed by atoms with Gasteiger partial charge in [0.05, 0.1) is 18.2 Å². The van der Waals surface area contributed by atoms with Gasteiger partial charge in [-0.2, -0.15) is 0 Å². The molecule has 8 heteroatoms. The summed E-state index contributed by atoms with van der Waals surface area (Å²) >= 11 is 0. The second-order valence-electron chi connectivity index (χ2n) is 14.2. The Bertz CT molecular complexity index is 1090. The molecule has 1 spiro atoms. The minimum absolute atomic E-state index is 0.0116. The first-order valence-electron chi connectivity index (χ1n) is 14.4. The first-order valence-corrected chi connectivity index (χ1v) is 14.4. The van der Waals surface area contributed by atoms with E-state index in [1.807, 2.05) is 4.90 Å². The van der Waals surface area contributed by atoms with Crippen LogP contribution in [0, 0.1) is 16.7 Å². The van der Waals surface area contributed by atoms with E-state index in [-0.39, 0.29) is 40.6 Å². The highest BCUT2D eigenvalue weighted by atomic mass is 19.3. The standard InChI is InChI=1S/C31H45F2N3O3/c1-28(2,3)16-14-24(21-8-10-22(11-9-21)27(38)39)36-26(37)25(35-19-7-15-30(32,33)20-35)34-31(36)17-12-23(13-18-31)29(4,5)6/h8-11,23-24H,7,12-20H2,1-6H3,(H,38,39)/t23?,24-,31?/m1/s1. The third-order valence-corrected chi connectivity index (χ3v) is 8.90. The Hall–Kier alpha value is -2.51. The van der Waals surface area contributed by atoms with E-state index in [4.69, 9.17) is 4.99 Å². The summed E-state index contributed by atoms with van der Waals surface area (Å²) in [6, 6.07) is 6.42. The SMILES string of the molecule is CC(C)(C)CC[C@H](c1ccc(C(=O)O)cc1)N1C(=O)C(N2CCCC(F)(F)C2)=NC12CCC(C(C)(C)C)CC2. The summed E-state index contributed by atoms with van der Waals surface area (Å²) in [4.78, 5) is 34.3. The number of hydrogen-bond acceptors (Lipinski definition) is 4. The highest BCUT2D eigenvalue weighted by Gasteiger charge is 2.54.